The molecule has 2 aromatic carbocycles. The summed E-state index contributed by atoms with van der Waals surface area (Å²) in [6.07, 6.45) is 5.17. The number of aryl methyl sites for hydroxylation is 1. The molecule has 3 rings (SSSR count). The normalized spacial score (nSPS) is 10.9. The molecule has 0 fully saturated rings. The first kappa shape index (κ1) is 21.6. The van der Waals surface area contributed by atoms with Crippen LogP contribution in [0.5, 0.6) is 11.5 Å². The minimum atomic E-state index is -0.289. The molecule has 158 valence electrons. The quantitative estimate of drug-likeness (QED) is 0.252. The van der Waals surface area contributed by atoms with Crippen LogP contribution in [-0.4, -0.2) is 19.5 Å². The summed E-state index contributed by atoms with van der Waals surface area (Å²) in [6, 6.07) is 12.2. The van der Waals surface area contributed by atoms with Gasteiger partial charge in [-0.2, -0.15) is 0 Å². The molecule has 0 saturated carbocycles. The summed E-state index contributed by atoms with van der Waals surface area (Å²) in [6.45, 7) is 4.03. The zero-order valence-corrected chi connectivity index (χ0v) is 17.8. The summed E-state index contributed by atoms with van der Waals surface area (Å²) in [5.41, 5.74) is 2.44. The predicted octanol–water partition coefficient (Wildman–Crippen LogP) is 5.49. The van der Waals surface area contributed by atoms with Crippen molar-refractivity contribution in [3.63, 3.8) is 0 Å². The molecule has 0 atom stereocenters. The summed E-state index contributed by atoms with van der Waals surface area (Å²) in [7, 11) is 1.58. The Kier molecular flexibility index (Phi) is 7.28. The lowest BCUT2D eigenvalue weighted by Crippen LogP contribution is -2.12. The molecular formula is C25H28O5. The molecule has 30 heavy (non-hydrogen) atoms. The van der Waals surface area contributed by atoms with Crippen LogP contribution in [-0.2, 0) is 6.42 Å². The molecule has 1 aromatic heterocycles. The zero-order chi connectivity index (χ0) is 21.5. The Morgan fingerprint density at radius 1 is 1.00 bits per heavy atom. The lowest BCUT2D eigenvalue weighted by atomic mass is 10.0. The van der Waals surface area contributed by atoms with Gasteiger partial charge in [-0.3, -0.25) is 4.79 Å². The average molecular weight is 408 g/mol. The van der Waals surface area contributed by atoms with E-state index in [-0.39, 0.29) is 18.0 Å². The summed E-state index contributed by atoms with van der Waals surface area (Å²) in [5.74, 6) is 1.04. The molecule has 0 amide bonds. The fourth-order valence-electron chi connectivity index (χ4n) is 3.49. The van der Waals surface area contributed by atoms with Crippen molar-refractivity contribution in [3.05, 3.63) is 69.6 Å². The number of ketones is 1. The lowest BCUT2D eigenvalue weighted by Gasteiger charge is -2.10. The molecule has 0 N–H and O–H groups in total. The predicted molar refractivity (Wildman–Crippen MR) is 118 cm³/mol. The molecule has 3 aromatic rings. The van der Waals surface area contributed by atoms with Gasteiger partial charge < -0.3 is 13.9 Å². The molecule has 0 aliphatic heterocycles. The summed E-state index contributed by atoms with van der Waals surface area (Å²) in [5, 5.41) is 0.897. The largest absolute Gasteiger partial charge is 0.497 e. The number of carbonyl (C=O) groups is 1. The number of methoxy groups -OCH3 is 1. The van der Waals surface area contributed by atoms with E-state index in [0.29, 0.717) is 22.6 Å². The average Bonchev–Trinajstić information content (AvgIpc) is 2.76. The standard InChI is InChI=1S/C25H28O5/c1-4-5-6-7-8-22-17(2)21-14-13-20(15-24(21)30-25(22)27)29-16-23(26)18-9-11-19(28-3)12-10-18/h9-15H,4-8,16H2,1-3H3. The Morgan fingerprint density at radius 3 is 2.43 bits per heavy atom. The zero-order valence-electron chi connectivity index (χ0n) is 17.8. The maximum Gasteiger partial charge on any atom is 0.339 e. The van der Waals surface area contributed by atoms with Gasteiger partial charge in [0.05, 0.1) is 7.11 Å². The van der Waals surface area contributed by atoms with Gasteiger partial charge in [0.1, 0.15) is 17.1 Å². The molecule has 0 bridgehead atoms. The second-order valence-corrected chi connectivity index (χ2v) is 7.40. The first-order valence-corrected chi connectivity index (χ1v) is 10.4. The Labute approximate surface area is 176 Å². The van der Waals surface area contributed by atoms with Crippen molar-refractivity contribution in [2.24, 2.45) is 0 Å². The Balaban J connectivity index is 1.71. The molecule has 0 spiro atoms. The number of benzene rings is 2. The van der Waals surface area contributed by atoms with Crippen LogP contribution in [0.25, 0.3) is 11.0 Å². The molecular weight excluding hydrogens is 380 g/mol. The van der Waals surface area contributed by atoms with Crippen molar-refractivity contribution in [1.29, 1.82) is 0 Å². The topological polar surface area (TPSA) is 65.7 Å². The Bertz CT molecular complexity index is 1060. The highest BCUT2D eigenvalue weighted by Gasteiger charge is 2.13. The van der Waals surface area contributed by atoms with Gasteiger partial charge in [0.2, 0.25) is 0 Å². The third-order valence-corrected chi connectivity index (χ3v) is 5.32. The number of ether oxygens (including phenoxy) is 2. The van der Waals surface area contributed by atoms with E-state index in [2.05, 4.69) is 6.92 Å². The van der Waals surface area contributed by atoms with Gasteiger partial charge in [-0.25, -0.2) is 4.79 Å². The van der Waals surface area contributed by atoms with Crippen molar-refractivity contribution < 1.29 is 18.7 Å². The summed E-state index contributed by atoms with van der Waals surface area (Å²) >= 11 is 0. The number of carbonyl (C=O) groups excluding carboxylic acids is 1. The van der Waals surface area contributed by atoms with E-state index in [1.807, 2.05) is 13.0 Å². The van der Waals surface area contributed by atoms with Crippen LogP contribution in [0.15, 0.2) is 51.7 Å². The second kappa shape index (κ2) is 10.1. The first-order valence-electron chi connectivity index (χ1n) is 10.4. The van der Waals surface area contributed by atoms with E-state index in [9.17, 15) is 9.59 Å². The van der Waals surface area contributed by atoms with E-state index >= 15 is 0 Å². The first-order chi connectivity index (χ1) is 14.5. The molecule has 0 radical (unpaired) electrons. The number of rotatable bonds is 10. The molecule has 0 aliphatic rings. The van der Waals surface area contributed by atoms with Gasteiger partial charge in [-0.1, -0.05) is 26.2 Å². The van der Waals surface area contributed by atoms with Crippen molar-refractivity contribution in [1.82, 2.24) is 0 Å². The summed E-state index contributed by atoms with van der Waals surface area (Å²) < 4.78 is 16.3. The maximum absolute atomic E-state index is 12.5. The molecule has 0 saturated heterocycles. The van der Waals surface area contributed by atoms with Crippen molar-refractivity contribution in [2.75, 3.05) is 13.7 Å². The van der Waals surface area contributed by atoms with Crippen molar-refractivity contribution >= 4 is 16.8 Å². The van der Waals surface area contributed by atoms with E-state index in [1.165, 1.54) is 6.42 Å². The van der Waals surface area contributed by atoms with Gasteiger partial charge in [0.15, 0.2) is 12.4 Å². The van der Waals surface area contributed by atoms with Crippen LogP contribution in [0.2, 0.25) is 0 Å². The van der Waals surface area contributed by atoms with E-state index in [1.54, 1.807) is 43.5 Å². The summed E-state index contributed by atoms with van der Waals surface area (Å²) in [4.78, 5) is 24.8. The van der Waals surface area contributed by atoms with Gasteiger partial charge in [-0.15, -0.1) is 0 Å². The highest BCUT2D eigenvalue weighted by Crippen LogP contribution is 2.25. The van der Waals surface area contributed by atoms with Crippen LogP contribution < -0.4 is 15.1 Å². The van der Waals surface area contributed by atoms with E-state index in [0.717, 1.165) is 42.2 Å². The van der Waals surface area contributed by atoms with Crippen molar-refractivity contribution in [3.8, 4) is 11.5 Å². The second-order valence-electron chi connectivity index (χ2n) is 7.40. The number of hydrogen-bond donors (Lipinski definition) is 0. The van der Waals surface area contributed by atoms with E-state index in [4.69, 9.17) is 13.9 Å². The highest BCUT2D eigenvalue weighted by atomic mass is 16.5. The highest BCUT2D eigenvalue weighted by molar-refractivity contribution is 5.97. The smallest absolute Gasteiger partial charge is 0.339 e. The van der Waals surface area contributed by atoms with Gasteiger partial charge in [0, 0.05) is 22.6 Å². The number of hydrogen-bond acceptors (Lipinski definition) is 5. The SMILES string of the molecule is CCCCCCc1c(C)c2ccc(OCC(=O)c3ccc(OC)cc3)cc2oc1=O. The molecule has 5 heteroatoms. The fourth-order valence-corrected chi connectivity index (χ4v) is 3.49. The van der Waals surface area contributed by atoms with Crippen LogP contribution in [0.1, 0.15) is 54.1 Å². The minimum absolute atomic E-state index is 0.101. The fraction of sp³-hybridized carbons (Fsp3) is 0.360. The molecule has 5 nitrogen and oxygen atoms in total. The molecule has 1 heterocycles. The Hall–Kier alpha value is -3.08. The lowest BCUT2D eigenvalue weighted by molar-refractivity contribution is 0.0921. The Morgan fingerprint density at radius 2 is 1.73 bits per heavy atom. The third-order valence-electron chi connectivity index (χ3n) is 5.32. The minimum Gasteiger partial charge on any atom is -0.497 e. The van der Waals surface area contributed by atoms with Crippen LogP contribution in [0, 0.1) is 6.92 Å². The van der Waals surface area contributed by atoms with Crippen LogP contribution in [0.4, 0.5) is 0 Å². The van der Waals surface area contributed by atoms with Crippen LogP contribution >= 0.6 is 0 Å². The van der Waals surface area contributed by atoms with Crippen molar-refractivity contribution in [2.45, 2.75) is 46.0 Å². The van der Waals surface area contributed by atoms with Gasteiger partial charge in [-0.05, 0) is 61.7 Å². The maximum atomic E-state index is 12.5. The van der Waals surface area contributed by atoms with Gasteiger partial charge in [0.25, 0.3) is 0 Å². The van der Waals surface area contributed by atoms with Gasteiger partial charge >= 0.3 is 5.63 Å². The monoisotopic (exact) mass is 408 g/mol. The van der Waals surface area contributed by atoms with Crippen LogP contribution in [0.3, 0.4) is 0 Å². The molecule has 0 unspecified atom stereocenters. The van der Waals surface area contributed by atoms with E-state index < -0.39 is 0 Å². The number of Topliss-reactive ketones (excluding diaryl/α,β-unsaturated/α-hetero) is 1. The third kappa shape index (κ3) is 5.09. The number of fused-ring (bicyclic) bond motifs is 1. The number of unbranched alkanes of at least 4 members (excludes halogenated alkanes) is 3. The molecule has 0 aliphatic carbocycles.